The Morgan fingerprint density at radius 1 is 0.918 bits per heavy atom. The first-order valence-electron chi connectivity index (χ1n) is 17.3. The van der Waals surface area contributed by atoms with Crippen LogP contribution < -0.4 is 22.1 Å². The molecule has 1 heterocycles. The minimum Gasteiger partial charge on any atom is -0.381 e. The Hall–Kier alpha value is -5.00. The maximum absolute atomic E-state index is 6.73. The van der Waals surface area contributed by atoms with Gasteiger partial charge in [-0.3, -0.25) is 5.32 Å². The minimum absolute atomic E-state index is 0.208. The van der Waals surface area contributed by atoms with E-state index in [0.717, 1.165) is 25.1 Å². The molecular formula is C45H48N4. The molecule has 4 aromatic rings. The molecule has 0 bridgehead atoms. The average molecular weight is 645 g/mol. The van der Waals surface area contributed by atoms with Gasteiger partial charge in [-0.1, -0.05) is 152 Å². The van der Waals surface area contributed by atoms with E-state index in [1.54, 1.807) is 6.08 Å². The van der Waals surface area contributed by atoms with Crippen molar-refractivity contribution in [3.05, 3.63) is 208 Å². The summed E-state index contributed by atoms with van der Waals surface area (Å²) in [5.74, 6) is 0.508. The number of hydrogen-bond donors (Lipinski definition) is 4. The van der Waals surface area contributed by atoms with Crippen molar-refractivity contribution in [1.29, 1.82) is 0 Å². The Kier molecular flexibility index (Phi) is 10.7. The van der Waals surface area contributed by atoms with Gasteiger partial charge in [-0.05, 0) is 71.5 Å². The summed E-state index contributed by atoms with van der Waals surface area (Å²) in [6, 6.07) is 35.2. The SMILES string of the molecule is C=C/C=C\C(N)c1cc(C2=CC=CCN2)c2c(c1)C1C(=CC=CC1c1ccc(C(C)(NCc3ccccc3)c3ccccc3)cc1)C2.CN. The summed E-state index contributed by atoms with van der Waals surface area (Å²) >= 11 is 0. The molecule has 4 atom stereocenters. The summed E-state index contributed by atoms with van der Waals surface area (Å²) in [6.45, 7) is 7.76. The molecule has 2 aliphatic carbocycles. The van der Waals surface area contributed by atoms with Crippen molar-refractivity contribution in [3.8, 4) is 0 Å². The molecule has 7 rings (SSSR count). The molecule has 4 unspecified atom stereocenters. The largest absolute Gasteiger partial charge is 0.381 e. The Morgan fingerprint density at radius 2 is 1.63 bits per heavy atom. The lowest BCUT2D eigenvalue weighted by Gasteiger charge is -2.33. The van der Waals surface area contributed by atoms with Crippen molar-refractivity contribution in [2.75, 3.05) is 13.6 Å². The predicted molar refractivity (Wildman–Crippen MR) is 207 cm³/mol. The fourth-order valence-electron chi connectivity index (χ4n) is 7.45. The zero-order valence-electron chi connectivity index (χ0n) is 28.6. The number of nitrogens with one attached hydrogen (secondary N) is 2. The van der Waals surface area contributed by atoms with Gasteiger partial charge in [0.15, 0.2) is 0 Å². The smallest absolute Gasteiger partial charge is 0.0664 e. The Balaban J connectivity index is 0.00000205. The molecule has 0 saturated heterocycles. The molecule has 0 fully saturated rings. The molecule has 4 aromatic carbocycles. The third-order valence-corrected chi connectivity index (χ3v) is 10.1. The highest BCUT2D eigenvalue weighted by molar-refractivity contribution is 5.74. The lowest BCUT2D eigenvalue weighted by molar-refractivity contribution is 0.436. The first kappa shape index (κ1) is 33.9. The van der Waals surface area contributed by atoms with Crippen LogP contribution in [-0.2, 0) is 18.5 Å². The van der Waals surface area contributed by atoms with Crippen molar-refractivity contribution < 1.29 is 0 Å². The van der Waals surface area contributed by atoms with Crippen molar-refractivity contribution in [2.24, 2.45) is 11.5 Å². The van der Waals surface area contributed by atoms with E-state index in [2.05, 4.69) is 163 Å². The summed E-state index contributed by atoms with van der Waals surface area (Å²) in [5, 5.41) is 7.51. The van der Waals surface area contributed by atoms with Crippen molar-refractivity contribution >= 4 is 5.70 Å². The van der Waals surface area contributed by atoms with Crippen LogP contribution >= 0.6 is 0 Å². The molecule has 0 radical (unpaired) electrons. The summed E-state index contributed by atoms with van der Waals surface area (Å²) < 4.78 is 0. The minimum atomic E-state index is -0.350. The van der Waals surface area contributed by atoms with Crippen LogP contribution in [0.3, 0.4) is 0 Å². The van der Waals surface area contributed by atoms with Gasteiger partial charge in [0, 0.05) is 42.2 Å². The fourth-order valence-corrected chi connectivity index (χ4v) is 7.45. The number of fused-ring (bicyclic) bond motifs is 3. The van der Waals surface area contributed by atoms with Gasteiger partial charge in [-0.25, -0.2) is 0 Å². The molecule has 0 spiro atoms. The molecule has 49 heavy (non-hydrogen) atoms. The number of rotatable bonds is 10. The molecule has 3 aliphatic rings. The van der Waals surface area contributed by atoms with Crippen LogP contribution in [0.2, 0.25) is 0 Å². The second-order valence-corrected chi connectivity index (χ2v) is 12.9. The molecule has 0 saturated carbocycles. The van der Waals surface area contributed by atoms with Crippen LogP contribution in [-0.4, -0.2) is 13.6 Å². The highest BCUT2D eigenvalue weighted by Crippen LogP contribution is 2.51. The van der Waals surface area contributed by atoms with E-state index in [0.29, 0.717) is 0 Å². The third-order valence-electron chi connectivity index (χ3n) is 10.1. The molecule has 1 aliphatic heterocycles. The van der Waals surface area contributed by atoms with E-state index in [1.807, 2.05) is 12.2 Å². The van der Waals surface area contributed by atoms with Gasteiger partial charge in [0.2, 0.25) is 0 Å². The standard InChI is InChI=1S/C44H43N3.CH5N/c1-3-4-20-41(45)34-28-39(42-21-11-12-26-46-42)38-27-33-16-13-19-37(43(33)40(38)29-34)32-22-24-36(25-23-32)44(2,35-17-9-6-10-18-35)47-30-31-14-7-5-8-15-31;1-2/h3-25,28-29,37,41,43,46-47H,1,26-27,30,45H2,2H3;2H2,1H3/b20-4-;. The summed E-state index contributed by atoms with van der Waals surface area (Å²) in [5.41, 5.74) is 23.8. The predicted octanol–water partition coefficient (Wildman–Crippen LogP) is 8.48. The van der Waals surface area contributed by atoms with Crippen LogP contribution in [0.5, 0.6) is 0 Å². The van der Waals surface area contributed by atoms with E-state index in [9.17, 15) is 0 Å². The van der Waals surface area contributed by atoms with Gasteiger partial charge in [0.25, 0.3) is 0 Å². The van der Waals surface area contributed by atoms with Gasteiger partial charge in [0.05, 0.1) is 5.54 Å². The lowest BCUT2D eigenvalue weighted by atomic mass is 9.76. The third kappa shape index (κ3) is 7.09. The van der Waals surface area contributed by atoms with Crippen LogP contribution in [0.4, 0.5) is 0 Å². The summed E-state index contributed by atoms with van der Waals surface area (Å²) in [4.78, 5) is 0. The lowest BCUT2D eigenvalue weighted by Crippen LogP contribution is -2.40. The Morgan fingerprint density at radius 3 is 2.33 bits per heavy atom. The van der Waals surface area contributed by atoms with E-state index in [1.165, 1.54) is 57.3 Å². The van der Waals surface area contributed by atoms with Crippen LogP contribution in [0.15, 0.2) is 164 Å². The van der Waals surface area contributed by atoms with Crippen molar-refractivity contribution in [3.63, 3.8) is 0 Å². The summed E-state index contributed by atoms with van der Waals surface area (Å²) in [6.07, 6.45) is 20.2. The molecule has 4 nitrogen and oxygen atoms in total. The number of nitrogens with two attached hydrogens (primary N) is 2. The number of hydrogen-bond acceptors (Lipinski definition) is 4. The normalized spacial score (nSPS) is 19.3. The zero-order valence-corrected chi connectivity index (χ0v) is 28.6. The molecule has 0 aromatic heterocycles. The van der Waals surface area contributed by atoms with E-state index >= 15 is 0 Å². The highest BCUT2D eigenvalue weighted by Gasteiger charge is 2.37. The van der Waals surface area contributed by atoms with Crippen LogP contribution in [0.25, 0.3) is 5.70 Å². The number of dihydropyridines is 1. The number of allylic oxidation sites excluding steroid dienone is 8. The molecule has 4 heteroatoms. The van der Waals surface area contributed by atoms with Crippen LogP contribution in [0, 0.1) is 0 Å². The Bertz CT molecular complexity index is 1900. The molecule has 0 amide bonds. The fraction of sp³-hybridized carbons (Fsp3) is 0.200. The molecule has 6 N–H and O–H groups in total. The first-order valence-corrected chi connectivity index (χ1v) is 17.3. The van der Waals surface area contributed by atoms with Gasteiger partial charge in [-0.15, -0.1) is 0 Å². The second-order valence-electron chi connectivity index (χ2n) is 12.9. The van der Waals surface area contributed by atoms with E-state index in [4.69, 9.17) is 5.73 Å². The van der Waals surface area contributed by atoms with Gasteiger partial charge in [0.1, 0.15) is 0 Å². The van der Waals surface area contributed by atoms with E-state index < -0.39 is 0 Å². The quantitative estimate of drug-likeness (QED) is 0.131. The topological polar surface area (TPSA) is 76.1 Å². The monoisotopic (exact) mass is 644 g/mol. The summed E-state index contributed by atoms with van der Waals surface area (Å²) in [7, 11) is 1.50. The van der Waals surface area contributed by atoms with Crippen molar-refractivity contribution in [2.45, 2.75) is 43.3 Å². The van der Waals surface area contributed by atoms with Gasteiger partial charge >= 0.3 is 0 Å². The maximum atomic E-state index is 6.73. The zero-order chi connectivity index (χ0) is 34.2. The van der Waals surface area contributed by atoms with Crippen molar-refractivity contribution in [1.82, 2.24) is 10.6 Å². The Labute approximate surface area is 292 Å². The first-order chi connectivity index (χ1) is 24.0. The maximum Gasteiger partial charge on any atom is 0.0664 e. The number of benzene rings is 4. The van der Waals surface area contributed by atoms with Crippen LogP contribution in [0.1, 0.15) is 69.3 Å². The highest BCUT2D eigenvalue weighted by atomic mass is 15.0. The molecular weight excluding hydrogens is 597 g/mol. The second kappa shape index (κ2) is 15.5. The molecule has 248 valence electrons. The van der Waals surface area contributed by atoms with E-state index in [-0.39, 0.29) is 23.4 Å². The average Bonchev–Trinajstić information content (AvgIpc) is 3.56. The van der Waals surface area contributed by atoms with Gasteiger partial charge < -0.3 is 16.8 Å². The van der Waals surface area contributed by atoms with Gasteiger partial charge in [-0.2, -0.15) is 0 Å².